The Balaban J connectivity index is 0.863. The van der Waals surface area contributed by atoms with Crippen molar-refractivity contribution in [2.45, 2.75) is 86.7 Å². The third-order valence-corrected chi connectivity index (χ3v) is 16.7. The van der Waals surface area contributed by atoms with Crippen molar-refractivity contribution in [1.82, 2.24) is 19.6 Å². The lowest BCUT2D eigenvalue weighted by Gasteiger charge is -2.56. The molecule has 3 atom stereocenters. The van der Waals surface area contributed by atoms with E-state index >= 15 is 0 Å². The zero-order valence-electron chi connectivity index (χ0n) is 37.8. The monoisotopic (exact) mass is 970 g/mol. The maximum Gasteiger partial charge on any atom is 0.416 e. The first-order valence-electron chi connectivity index (χ1n) is 23.7. The summed E-state index contributed by atoms with van der Waals surface area (Å²) in [6.07, 6.45) is 3.63. The molecule has 0 unspecified atom stereocenters. The second-order valence-electron chi connectivity index (χ2n) is 19.4. The average Bonchev–Trinajstić information content (AvgIpc) is 4.13. The molecule has 1 spiro atoms. The first kappa shape index (κ1) is 45.5. The molecular formula is C49H53F3N8O8S. The van der Waals surface area contributed by atoms with E-state index in [1.807, 2.05) is 23.1 Å². The number of nitro benzene ring substituents is 1. The van der Waals surface area contributed by atoms with Crippen molar-refractivity contribution < 1.29 is 45.5 Å². The molecule has 16 nitrogen and oxygen atoms in total. The Labute approximate surface area is 396 Å². The lowest BCUT2D eigenvalue weighted by Crippen LogP contribution is -2.55. The number of H-pyrrole nitrogens is 1. The minimum Gasteiger partial charge on any atom is -0.468 e. The molecule has 0 radical (unpaired) electrons. The van der Waals surface area contributed by atoms with Crippen molar-refractivity contribution in [2.75, 3.05) is 67.7 Å². The fourth-order valence-corrected chi connectivity index (χ4v) is 12.7. The predicted octanol–water partition coefficient (Wildman–Crippen LogP) is 8.33. The lowest BCUT2D eigenvalue weighted by molar-refractivity contribution is -0.384. The number of pyridine rings is 1. The number of carbonyl (C=O) groups is 1. The number of hydrogen-bond acceptors (Lipinski definition) is 13. The number of amides is 1. The smallest absolute Gasteiger partial charge is 0.416 e. The summed E-state index contributed by atoms with van der Waals surface area (Å²) in [5.41, 5.74) is 2.06. The van der Waals surface area contributed by atoms with Crippen LogP contribution in [0.5, 0.6) is 5.88 Å². The van der Waals surface area contributed by atoms with E-state index < -0.39 is 55.3 Å². The fraction of sp³-hybridized carbons (Fsp3) is 0.469. The quantitative estimate of drug-likeness (QED) is 0.0849. The summed E-state index contributed by atoms with van der Waals surface area (Å²) in [5.74, 6) is -0.368. The highest BCUT2D eigenvalue weighted by molar-refractivity contribution is 7.90. The minimum absolute atomic E-state index is 0.0433. The second kappa shape index (κ2) is 17.8. The normalized spacial score (nSPS) is 23.1. The summed E-state index contributed by atoms with van der Waals surface area (Å²) in [6.45, 7) is 4.36. The summed E-state index contributed by atoms with van der Waals surface area (Å²) in [7, 11) is -4.64. The number of nitrogens with one attached hydrogen (secondary N) is 3. The van der Waals surface area contributed by atoms with Gasteiger partial charge in [0.15, 0.2) is 0 Å². The van der Waals surface area contributed by atoms with Crippen LogP contribution in [0.1, 0.15) is 78.9 Å². The summed E-state index contributed by atoms with van der Waals surface area (Å²) in [6, 6.07) is 18.2. The van der Waals surface area contributed by atoms with Gasteiger partial charge in [-0.05, 0) is 123 Å². The average molecular weight is 971 g/mol. The maximum absolute atomic E-state index is 14.5. The third-order valence-electron chi connectivity index (χ3n) is 15.4. The third kappa shape index (κ3) is 8.62. The van der Waals surface area contributed by atoms with E-state index in [9.17, 15) is 36.5 Å². The highest BCUT2D eigenvalue weighted by atomic mass is 32.2. The molecule has 6 aliphatic rings. The highest BCUT2D eigenvalue weighted by Crippen LogP contribution is 2.55. The second-order valence-corrected chi connectivity index (χ2v) is 21.1. The molecule has 11 rings (SSSR count). The number of rotatable bonds is 11. The first-order chi connectivity index (χ1) is 33.2. The number of likely N-dealkylation sites (tertiary alicyclic amines) is 1. The molecule has 0 bridgehead atoms. The predicted molar refractivity (Wildman–Crippen MR) is 251 cm³/mol. The summed E-state index contributed by atoms with van der Waals surface area (Å²) in [4.78, 5) is 40.1. The number of anilines is 4. The molecule has 3 aromatic carbocycles. The molecule has 4 saturated heterocycles. The number of fused-ring (bicyclic) bond motifs is 3. The Hall–Kier alpha value is -5.96. The number of sulfonamides is 1. The van der Waals surface area contributed by atoms with Crippen molar-refractivity contribution in [1.29, 1.82) is 0 Å². The van der Waals surface area contributed by atoms with Gasteiger partial charge in [-0.1, -0.05) is 18.2 Å². The van der Waals surface area contributed by atoms with Crippen LogP contribution in [0, 0.1) is 21.4 Å². The molecule has 1 amide bonds. The van der Waals surface area contributed by atoms with E-state index in [4.69, 9.17) is 19.2 Å². The van der Waals surface area contributed by atoms with Gasteiger partial charge in [0.25, 0.3) is 21.6 Å². The number of halogens is 3. The number of aromatic nitrogens is 2. The Morgan fingerprint density at radius 3 is 2.52 bits per heavy atom. The zero-order valence-corrected chi connectivity index (χ0v) is 38.6. The number of benzene rings is 3. The van der Waals surface area contributed by atoms with E-state index in [-0.39, 0.29) is 47.9 Å². The van der Waals surface area contributed by atoms with E-state index in [1.165, 1.54) is 24.3 Å². The van der Waals surface area contributed by atoms with Gasteiger partial charge in [0.2, 0.25) is 5.88 Å². The van der Waals surface area contributed by atoms with Crippen LogP contribution < -0.4 is 24.6 Å². The van der Waals surface area contributed by atoms with Gasteiger partial charge in [-0.3, -0.25) is 19.8 Å². The van der Waals surface area contributed by atoms with E-state index in [2.05, 4.69) is 24.8 Å². The van der Waals surface area contributed by atoms with Gasteiger partial charge in [-0.2, -0.15) is 18.2 Å². The Morgan fingerprint density at radius 1 is 0.942 bits per heavy atom. The van der Waals surface area contributed by atoms with Crippen LogP contribution in [0.2, 0.25) is 0 Å². The molecule has 5 aromatic rings. The standard InChI is InChI=1S/C49H53F3N8O8S/c50-49(51,52)37-5-2-1-4-35(37)39-6-3-17-58(39)33-25-48(26-33)14-18-57(19-15-48)32-7-9-36(40(23-32)59-42-22-31-11-16-53-45(31)55-47(42)68-44-29-67-28-43(44)59)46(61)56-69(64,65)34-8-10-38(41(24-34)60(62)63)54-27-30-12-20-66-21-13-30/h1-2,4-5,7-11,16,22-24,30,33,39,43-44,54H,3,6,12-15,17-21,25-29H2,(H,53,55)(H,56,61)/t39-,43-,44-/m0/s1. The number of nitrogens with zero attached hydrogens (tertiary/aromatic N) is 5. The van der Waals surface area contributed by atoms with Gasteiger partial charge < -0.3 is 34.3 Å². The molecule has 364 valence electrons. The van der Waals surface area contributed by atoms with Crippen LogP contribution >= 0.6 is 0 Å². The van der Waals surface area contributed by atoms with Crippen molar-refractivity contribution in [2.24, 2.45) is 11.3 Å². The molecule has 5 fully saturated rings. The summed E-state index contributed by atoms with van der Waals surface area (Å²) >= 11 is 0. The summed E-state index contributed by atoms with van der Waals surface area (Å²) in [5, 5.41) is 16.2. The Bertz CT molecular complexity index is 2900. The van der Waals surface area contributed by atoms with Crippen LogP contribution in [0.25, 0.3) is 11.0 Å². The van der Waals surface area contributed by atoms with Crippen LogP contribution in [-0.2, 0) is 25.7 Å². The van der Waals surface area contributed by atoms with Crippen LogP contribution in [0.4, 0.5) is 41.6 Å². The van der Waals surface area contributed by atoms with Crippen molar-refractivity contribution in [3.8, 4) is 5.88 Å². The first-order valence-corrected chi connectivity index (χ1v) is 25.2. The van der Waals surface area contributed by atoms with Crippen molar-refractivity contribution in [3.05, 3.63) is 106 Å². The van der Waals surface area contributed by atoms with Gasteiger partial charge in [0.05, 0.1) is 45.9 Å². The highest BCUT2D eigenvalue weighted by Gasteiger charge is 2.51. The Kier molecular flexibility index (Phi) is 11.7. The van der Waals surface area contributed by atoms with Gasteiger partial charge >= 0.3 is 6.18 Å². The largest absolute Gasteiger partial charge is 0.468 e. The number of piperidine rings is 1. The van der Waals surface area contributed by atoms with Crippen molar-refractivity contribution in [3.63, 3.8) is 0 Å². The minimum atomic E-state index is -4.64. The zero-order chi connectivity index (χ0) is 47.7. The number of ether oxygens (including phenoxy) is 3. The van der Waals surface area contributed by atoms with E-state index in [0.29, 0.717) is 67.7 Å². The maximum atomic E-state index is 14.5. The lowest BCUT2D eigenvalue weighted by atomic mass is 9.59. The molecule has 1 aliphatic carbocycles. The van der Waals surface area contributed by atoms with Gasteiger partial charge in [-0.25, -0.2) is 13.1 Å². The van der Waals surface area contributed by atoms with Gasteiger partial charge in [0, 0.05) is 68.3 Å². The summed E-state index contributed by atoms with van der Waals surface area (Å²) < 4.78 is 90.3. The van der Waals surface area contributed by atoms with Crippen LogP contribution in [-0.4, -0.2) is 105 Å². The number of carbonyl (C=O) groups excluding carboxylic acids is 1. The number of nitro groups is 1. The molecule has 2 aromatic heterocycles. The van der Waals surface area contributed by atoms with Crippen LogP contribution in [0.15, 0.2) is 83.9 Å². The van der Waals surface area contributed by atoms with Crippen molar-refractivity contribution >= 4 is 55.4 Å². The van der Waals surface area contributed by atoms with Gasteiger partial charge in [0.1, 0.15) is 23.1 Å². The number of aromatic amines is 1. The van der Waals surface area contributed by atoms with E-state index in [1.54, 1.807) is 30.5 Å². The topological polar surface area (TPSA) is 184 Å². The SMILES string of the molecule is O=C(NS(=O)(=O)c1ccc(NCC2CCOCC2)c([N+](=O)[O-])c1)c1ccc(N2CCC3(CC2)CC(N2CCC[C@H]2c2ccccc2C(F)(F)F)C3)cc1N1c2cc3cc[nH]c3nc2O[C@H]2COC[C@@H]21. The van der Waals surface area contributed by atoms with E-state index in [0.717, 1.165) is 68.6 Å². The molecular weight excluding hydrogens is 918 g/mol. The van der Waals surface area contributed by atoms with Gasteiger partial charge in [-0.15, -0.1) is 0 Å². The molecule has 5 aliphatic heterocycles. The fourth-order valence-electron chi connectivity index (χ4n) is 11.7. The molecule has 1 saturated carbocycles. The molecule has 7 heterocycles. The number of alkyl halides is 3. The molecule has 69 heavy (non-hydrogen) atoms. The molecule has 20 heteroatoms. The number of hydrogen-bond donors (Lipinski definition) is 3. The molecule has 3 N–H and O–H groups in total. The Morgan fingerprint density at radius 2 is 1.74 bits per heavy atom. The van der Waals surface area contributed by atoms with Crippen LogP contribution in [0.3, 0.4) is 0 Å².